The third kappa shape index (κ3) is 5.58. The number of rotatable bonds is 7. The summed E-state index contributed by atoms with van der Waals surface area (Å²) in [5.74, 6) is 0.996. The van der Waals surface area contributed by atoms with E-state index in [1.54, 1.807) is 18.8 Å². The van der Waals surface area contributed by atoms with Gasteiger partial charge in [0.25, 0.3) is 0 Å². The van der Waals surface area contributed by atoms with Crippen LogP contribution in [0.3, 0.4) is 0 Å². The number of fused-ring (bicyclic) bond motifs is 1. The Labute approximate surface area is 250 Å². The van der Waals surface area contributed by atoms with E-state index in [2.05, 4.69) is 31.7 Å². The van der Waals surface area contributed by atoms with E-state index in [9.17, 15) is 9.59 Å². The molecule has 0 atom stereocenters. The Balaban J connectivity index is 1.06. The molecule has 0 radical (unpaired) electrons. The van der Waals surface area contributed by atoms with E-state index in [-0.39, 0.29) is 24.7 Å². The van der Waals surface area contributed by atoms with E-state index >= 15 is 4.39 Å². The molecule has 3 amide bonds. The highest BCUT2D eigenvalue weighted by molar-refractivity contribution is 6.09. The molecule has 3 N–H and O–H groups in total. The zero-order valence-electron chi connectivity index (χ0n) is 24.8. The normalized spacial score (nSPS) is 18.8. The highest BCUT2D eigenvalue weighted by Crippen LogP contribution is 2.36. The van der Waals surface area contributed by atoms with Crippen molar-refractivity contribution in [2.75, 3.05) is 79.9 Å². The molecule has 0 bridgehead atoms. The predicted molar refractivity (Wildman–Crippen MR) is 167 cm³/mol. The van der Waals surface area contributed by atoms with Gasteiger partial charge in [0.15, 0.2) is 5.82 Å². The molecule has 3 aliphatic rings. The van der Waals surface area contributed by atoms with Crippen molar-refractivity contribution in [3.63, 3.8) is 0 Å². The summed E-state index contributed by atoms with van der Waals surface area (Å²) in [6.07, 6.45) is 4.23. The minimum Gasteiger partial charge on any atom is -0.495 e. The Hall–Kier alpha value is -4.32. The number of halogens is 1. The van der Waals surface area contributed by atoms with Gasteiger partial charge in [-0.05, 0) is 42.5 Å². The number of nitrogens with zero attached hydrogens (tertiary/aromatic N) is 6. The van der Waals surface area contributed by atoms with Gasteiger partial charge in [0.2, 0.25) is 5.91 Å². The number of aryl methyl sites for hydroxylation is 1. The van der Waals surface area contributed by atoms with Crippen molar-refractivity contribution in [1.29, 1.82) is 0 Å². The Morgan fingerprint density at radius 2 is 1.77 bits per heavy atom. The molecule has 0 spiro atoms. The molecular weight excluding hydrogens is 551 g/mol. The second-order valence-electron chi connectivity index (χ2n) is 11.6. The quantitative estimate of drug-likeness (QED) is 0.403. The molecule has 3 saturated heterocycles. The van der Waals surface area contributed by atoms with Crippen LogP contribution in [0.1, 0.15) is 24.8 Å². The zero-order chi connectivity index (χ0) is 30.2. The van der Waals surface area contributed by atoms with Crippen LogP contribution in [0.5, 0.6) is 5.75 Å². The van der Waals surface area contributed by atoms with Crippen LogP contribution in [0.2, 0.25) is 0 Å². The van der Waals surface area contributed by atoms with Gasteiger partial charge in [0, 0.05) is 83.0 Å². The molecule has 3 fully saturated rings. The summed E-state index contributed by atoms with van der Waals surface area (Å²) in [5, 5.41) is 7.36. The second kappa shape index (κ2) is 11.8. The van der Waals surface area contributed by atoms with Gasteiger partial charge in [-0.25, -0.2) is 9.18 Å². The Morgan fingerprint density at radius 3 is 2.44 bits per heavy atom. The molecule has 0 unspecified atom stereocenters. The van der Waals surface area contributed by atoms with Gasteiger partial charge < -0.3 is 20.3 Å². The fourth-order valence-corrected chi connectivity index (χ4v) is 6.57. The van der Waals surface area contributed by atoms with Gasteiger partial charge >= 0.3 is 6.03 Å². The second-order valence-corrected chi connectivity index (χ2v) is 11.6. The van der Waals surface area contributed by atoms with E-state index in [1.165, 1.54) is 11.0 Å². The lowest BCUT2D eigenvalue weighted by Crippen LogP contribution is -2.49. The number of benzene rings is 2. The predicted octanol–water partition coefficient (Wildman–Crippen LogP) is 3.43. The maximum absolute atomic E-state index is 15.5. The number of hydrogen-bond acceptors (Lipinski definition) is 8. The Bertz CT molecular complexity index is 1560. The number of anilines is 4. The van der Waals surface area contributed by atoms with Gasteiger partial charge in [-0.1, -0.05) is 12.7 Å². The van der Waals surface area contributed by atoms with Crippen LogP contribution in [-0.2, 0) is 11.8 Å². The first-order valence-corrected chi connectivity index (χ1v) is 14.9. The monoisotopic (exact) mass is 590 g/mol. The molecular formula is C31H39FN8O3. The van der Waals surface area contributed by atoms with Gasteiger partial charge in [0.05, 0.1) is 24.0 Å². The van der Waals surface area contributed by atoms with Crippen molar-refractivity contribution in [3.05, 3.63) is 42.2 Å². The van der Waals surface area contributed by atoms with Crippen molar-refractivity contribution in [2.24, 2.45) is 13.0 Å². The number of methoxy groups -OCH3 is 1. The number of ether oxygens (including phenoxy) is 1. The molecule has 3 aromatic rings. The van der Waals surface area contributed by atoms with Crippen LogP contribution in [-0.4, -0.2) is 86.1 Å². The van der Waals surface area contributed by atoms with Crippen molar-refractivity contribution in [3.8, 4) is 5.75 Å². The third-order valence-corrected chi connectivity index (χ3v) is 8.99. The first kappa shape index (κ1) is 28.8. The summed E-state index contributed by atoms with van der Waals surface area (Å²) in [6.45, 7) is 10.3. The van der Waals surface area contributed by atoms with Gasteiger partial charge in [-0.15, -0.1) is 0 Å². The molecule has 3 aliphatic heterocycles. The van der Waals surface area contributed by atoms with Gasteiger partial charge in [0.1, 0.15) is 11.6 Å². The molecule has 228 valence electrons. The number of urea groups is 1. The standard InChI is InChI=1S/C31H39FN8O3/c1-4-21-15-24(33)28(43-3)18-25(21)38-8-5-20(6-9-38)19-37-11-13-39(14-12-37)27-17-26-22(16-23(27)32)30(35-36(26)2)40-10-7-29(41)34-31(40)42/h4,15-18,20H,1,5-14,19,33H2,2-3H3,(H,34,41,42). The molecule has 12 heteroatoms. The maximum atomic E-state index is 15.5. The van der Waals surface area contributed by atoms with E-state index in [4.69, 9.17) is 10.5 Å². The van der Waals surface area contributed by atoms with Crippen LogP contribution in [0.25, 0.3) is 17.0 Å². The van der Waals surface area contributed by atoms with Crippen molar-refractivity contribution < 1.29 is 18.7 Å². The number of imide groups is 1. The topological polar surface area (TPSA) is 112 Å². The summed E-state index contributed by atoms with van der Waals surface area (Å²) in [5.41, 5.74) is 10.1. The van der Waals surface area contributed by atoms with Crippen LogP contribution in [0, 0.1) is 11.7 Å². The van der Waals surface area contributed by atoms with Crippen molar-refractivity contribution in [1.82, 2.24) is 20.0 Å². The number of nitrogens with one attached hydrogen (secondary N) is 1. The summed E-state index contributed by atoms with van der Waals surface area (Å²) in [7, 11) is 3.42. The average Bonchev–Trinajstić information content (AvgIpc) is 3.31. The first-order valence-electron chi connectivity index (χ1n) is 14.9. The number of carbonyl (C=O) groups excluding carboxylic acids is 2. The van der Waals surface area contributed by atoms with Crippen molar-refractivity contribution >= 4 is 51.8 Å². The SMILES string of the molecule is C=Cc1cc(N)c(OC)cc1N1CCC(CN2CCN(c3cc4c(cc3F)c(N3CCC(=O)NC3=O)nn4C)CC2)CC1. The van der Waals surface area contributed by atoms with E-state index in [0.717, 1.165) is 75.4 Å². The third-order valence-electron chi connectivity index (χ3n) is 8.99. The molecule has 0 aliphatic carbocycles. The highest BCUT2D eigenvalue weighted by Gasteiger charge is 2.30. The number of aromatic nitrogens is 2. The fraction of sp³-hybridized carbons (Fsp3) is 0.452. The summed E-state index contributed by atoms with van der Waals surface area (Å²) in [4.78, 5) is 32.4. The fourth-order valence-electron chi connectivity index (χ4n) is 6.57. The summed E-state index contributed by atoms with van der Waals surface area (Å²) >= 11 is 0. The molecule has 11 nitrogen and oxygen atoms in total. The molecule has 43 heavy (non-hydrogen) atoms. The molecule has 2 aromatic carbocycles. The minimum atomic E-state index is -0.533. The number of hydrogen-bond donors (Lipinski definition) is 2. The van der Waals surface area contributed by atoms with Crippen LogP contribution >= 0.6 is 0 Å². The van der Waals surface area contributed by atoms with Gasteiger partial charge in [-0.3, -0.25) is 24.6 Å². The smallest absolute Gasteiger partial charge is 0.329 e. The van der Waals surface area contributed by atoms with Crippen LogP contribution in [0.4, 0.5) is 32.1 Å². The minimum absolute atomic E-state index is 0.182. The summed E-state index contributed by atoms with van der Waals surface area (Å²) < 4.78 is 22.6. The van der Waals surface area contributed by atoms with Crippen LogP contribution < -0.4 is 30.5 Å². The van der Waals surface area contributed by atoms with E-state index in [1.807, 2.05) is 24.3 Å². The maximum Gasteiger partial charge on any atom is 0.329 e. The Kier molecular flexibility index (Phi) is 7.87. The molecule has 0 saturated carbocycles. The molecule has 1 aromatic heterocycles. The first-order chi connectivity index (χ1) is 20.7. The number of nitrogen functional groups attached to an aromatic ring is 1. The lowest BCUT2D eigenvalue weighted by molar-refractivity contribution is -0.120. The highest BCUT2D eigenvalue weighted by atomic mass is 19.1. The lowest BCUT2D eigenvalue weighted by Gasteiger charge is -2.40. The number of piperidine rings is 1. The average molecular weight is 591 g/mol. The number of piperazine rings is 1. The summed E-state index contributed by atoms with van der Waals surface area (Å²) in [6, 6.07) is 6.70. The molecule has 6 rings (SSSR count). The van der Waals surface area contributed by atoms with Crippen molar-refractivity contribution in [2.45, 2.75) is 19.3 Å². The van der Waals surface area contributed by atoms with Crippen LogP contribution in [0.15, 0.2) is 30.8 Å². The number of nitrogens with two attached hydrogens (primary N) is 1. The zero-order valence-corrected chi connectivity index (χ0v) is 24.8. The molecule has 4 heterocycles. The largest absolute Gasteiger partial charge is 0.495 e. The lowest BCUT2D eigenvalue weighted by atomic mass is 9.94. The van der Waals surface area contributed by atoms with E-state index < -0.39 is 6.03 Å². The Morgan fingerprint density at radius 1 is 1.05 bits per heavy atom. The van der Waals surface area contributed by atoms with Gasteiger partial charge in [-0.2, -0.15) is 5.10 Å². The number of amides is 3. The van der Waals surface area contributed by atoms with E-state index in [0.29, 0.717) is 34.2 Å². The number of carbonyl (C=O) groups is 2.